The minimum absolute atomic E-state index is 0. The molecule has 0 N–H and O–H groups in total. The number of halogens is 3. The van der Waals surface area contributed by atoms with Gasteiger partial charge in [0.1, 0.15) is 8.80 Å². The third-order valence-corrected chi connectivity index (χ3v) is 10.5. The zero-order chi connectivity index (χ0) is 23.0. The van der Waals surface area contributed by atoms with Gasteiger partial charge in [0.05, 0.1) is 0 Å². The molecule has 36 heavy (non-hydrogen) atoms. The van der Waals surface area contributed by atoms with E-state index < -0.39 is 8.80 Å². The molecule has 0 nitrogen and oxygen atoms in total. The van der Waals surface area contributed by atoms with Crippen LogP contribution in [0, 0.1) is 48.5 Å². The molecule has 0 aromatic heterocycles. The average molecular weight is 590 g/mol. The van der Waals surface area contributed by atoms with Crippen molar-refractivity contribution in [3.63, 3.8) is 0 Å². The third kappa shape index (κ3) is 7.22. The molecule has 0 fully saturated rings. The van der Waals surface area contributed by atoms with E-state index in [0.717, 1.165) is 6.04 Å². The van der Waals surface area contributed by atoms with Gasteiger partial charge < -0.3 is 37.2 Å². The largest absolute Gasteiger partial charge is 4.00 e. The summed E-state index contributed by atoms with van der Waals surface area (Å²) in [6, 6.07) is 26.4. The van der Waals surface area contributed by atoms with Crippen LogP contribution in [0.4, 0.5) is 0 Å². The predicted octanol–water partition coefficient (Wildman–Crippen LogP) is -2.64. The van der Waals surface area contributed by atoms with Gasteiger partial charge in [-0.3, -0.25) is 0 Å². The summed E-state index contributed by atoms with van der Waals surface area (Å²) in [6.07, 6.45) is 0. The van der Waals surface area contributed by atoms with Crippen LogP contribution in [0.1, 0.15) is 44.5 Å². The van der Waals surface area contributed by atoms with Crippen LogP contribution < -0.4 is 47.6 Å². The summed E-state index contributed by atoms with van der Waals surface area (Å²) in [5.41, 5.74) is 14.3. The molecule has 0 heterocycles. The fourth-order valence-corrected chi connectivity index (χ4v) is 9.09. The first-order valence-electron chi connectivity index (χ1n) is 11.7. The van der Waals surface area contributed by atoms with Crippen LogP contribution in [0.25, 0.3) is 11.1 Å². The normalized spacial score (nSPS) is 10.9. The molecule has 4 rings (SSSR count). The van der Waals surface area contributed by atoms with E-state index in [1.165, 1.54) is 50.1 Å². The van der Waals surface area contributed by atoms with Crippen molar-refractivity contribution >= 4 is 19.2 Å². The SMILES string of the molecule is Cc1cc(C)cc([SiH](Cc2c(C)c(C)c(C)[c-]2-c2ccccc2)c2cc(C)ccc2C)c1.[Cl-].[Cl-].[Cl-].[Ti+4]. The maximum absolute atomic E-state index is 2.46. The fourth-order valence-electron chi connectivity index (χ4n) is 5.32. The van der Waals surface area contributed by atoms with Crippen molar-refractivity contribution in [3.05, 3.63) is 111 Å². The second-order valence-electron chi connectivity index (χ2n) is 9.63. The molecule has 1 unspecified atom stereocenters. The van der Waals surface area contributed by atoms with Crippen LogP contribution in [0.2, 0.25) is 0 Å². The Kier molecular flexibility index (Phi) is 14.2. The molecule has 0 aliphatic carbocycles. The molecule has 0 saturated heterocycles. The van der Waals surface area contributed by atoms with Gasteiger partial charge in [0.2, 0.25) is 0 Å². The zero-order valence-electron chi connectivity index (χ0n) is 22.3. The van der Waals surface area contributed by atoms with Crippen LogP contribution in [0.15, 0.2) is 66.7 Å². The van der Waals surface area contributed by atoms with E-state index >= 15 is 0 Å². The van der Waals surface area contributed by atoms with Crippen LogP contribution in [0.5, 0.6) is 0 Å². The third-order valence-electron chi connectivity index (χ3n) is 7.18. The molecular weight excluding hydrogens is 555 g/mol. The average Bonchev–Trinajstić information content (AvgIpc) is 2.97. The summed E-state index contributed by atoms with van der Waals surface area (Å²) in [6.45, 7) is 15.9. The Bertz CT molecular complexity index is 1260. The van der Waals surface area contributed by atoms with Crippen molar-refractivity contribution in [2.45, 2.75) is 54.5 Å². The molecule has 0 saturated carbocycles. The van der Waals surface area contributed by atoms with E-state index in [9.17, 15) is 0 Å². The van der Waals surface area contributed by atoms with Crippen molar-refractivity contribution in [2.24, 2.45) is 0 Å². The summed E-state index contributed by atoms with van der Waals surface area (Å²) in [4.78, 5) is 0. The molecule has 188 valence electrons. The molecule has 5 heteroatoms. The Balaban J connectivity index is 0.00000306. The molecule has 4 aromatic rings. The van der Waals surface area contributed by atoms with Gasteiger partial charge in [0, 0.05) is 0 Å². The van der Waals surface area contributed by atoms with Gasteiger partial charge in [-0.2, -0.15) is 0 Å². The summed E-state index contributed by atoms with van der Waals surface area (Å²) in [5, 5.41) is 3.15. The van der Waals surface area contributed by atoms with Crippen molar-refractivity contribution in [1.29, 1.82) is 0 Å². The van der Waals surface area contributed by atoms with Crippen LogP contribution >= 0.6 is 0 Å². The number of benzene rings is 3. The molecular formula is C31H35Cl3SiTi. The quantitative estimate of drug-likeness (QED) is 0.177. The molecule has 4 aromatic carbocycles. The molecule has 0 aliphatic rings. The number of hydrogen-bond donors (Lipinski definition) is 0. The molecule has 0 aliphatic heterocycles. The van der Waals surface area contributed by atoms with Crippen molar-refractivity contribution < 1.29 is 58.9 Å². The topological polar surface area (TPSA) is 0 Å². The Morgan fingerprint density at radius 1 is 0.639 bits per heavy atom. The summed E-state index contributed by atoms with van der Waals surface area (Å²) in [7, 11) is -1.49. The Morgan fingerprint density at radius 3 is 1.81 bits per heavy atom. The molecule has 0 bridgehead atoms. The van der Waals surface area contributed by atoms with Crippen LogP contribution in [-0.2, 0) is 27.8 Å². The summed E-state index contributed by atoms with van der Waals surface area (Å²) >= 11 is 0. The van der Waals surface area contributed by atoms with Gasteiger partial charge in [-0.05, 0) is 33.7 Å². The fraction of sp³-hybridized carbons (Fsp3) is 0.258. The minimum atomic E-state index is -1.49. The Hall–Kier alpha value is -1.19. The van der Waals surface area contributed by atoms with Gasteiger partial charge in [-0.15, -0.1) is 39.9 Å². The second-order valence-corrected chi connectivity index (χ2v) is 12.4. The van der Waals surface area contributed by atoms with E-state index in [2.05, 4.69) is 115 Å². The van der Waals surface area contributed by atoms with E-state index in [1.54, 1.807) is 15.9 Å². The van der Waals surface area contributed by atoms with Crippen LogP contribution in [0.3, 0.4) is 0 Å². The summed E-state index contributed by atoms with van der Waals surface area (Å²) < 4.78 is 0. The first-order valence-corrected chi connectivity index (χ1v) is 13.7. The number of rotatable bonds is 5. The Labute approximate surface area is 253 Å². The maximum Gasteiger partial charge on any atom is 4.00 e. The van der Waals surface area contributed by atoms with E-state index in [4.69, 9.17) is 0 Å². The standard InChI is InChI=1S/C31H35Si.3ClH.Ti/c1-20-13-14-23(4)30(18-20)32(28-16-21(2)15-22(3)17-28)19-29-25(6)24(5)26(7)31(29)27-11-9-8-10-12-27;;;;/h8-18,32H,19H2,1-7H3;3*1H;/q-1;;;;+4/p-3. The van der Waals surface area contributed by atoms with Gasteiger partial charge in [0.15, 0.2) is 0 Å². The first kappa shape index (κ1) is 34.8. The monoisotopic (exact) mass is 588 g/mol. The van der Waals surface area contributed by atoms with E-state index in [1.807, 2.05) is 0 Å². The van der Waals surface area contributed by atoms with Gasteiger partial charge >= 0.3 is 21.7 Å². The van der Waals surface area contributed by atoms with Crippen molar-refractivity contribution in [1.82, 2.24) is 0 Å². The number of hydrogen-bond acceptors (Lipinski definition) is 0. The minimum Gasteiger partial charge on any atom is -1.00 e. The Morgan fingerprint density at radius 2 is 1.22 bits per heavy atom. The van der Waals surface area contributed by atoms with E-state index in [0.29, 0.717) is 0 Å². The first-order chi connectivity index (χ1) is 15.3. The van der Waals surface area contributed by atoms with Crippen molar-refractivity contribution in [2.75, 3.05) is 0 Å². The van der Waals surface area contributed by atoms with Gasteiger partial charge in [-0.25, -0.2) is 0 Å². The zero-order valence-corrected chi connectivity index (χ0v) is 27.3. The maximum atomic E-state index is 2.46. The summed E-state index contributed by atoms with van der Waals surface area (Å²) in [5.74, 6) is 0. The predicted molar refractivity (Wildman–Crippen MR) is 144 cm³/mol. The molecule has 0 amide bonds. The van der Waals surface area contributed by atoms with E-state index in [-0.39, 0.29) is 58.9 Å². The molecule has 0 radical (unpaired) electrons. The smallest absolute Gasteiger partial charge is 1.00 e. The molecule has 0 spiro atoms. The number of aryl methyl sites for hydroxylation is 4. The van der Waals surface area contributed by atoms with Gasteiger partial charge in [0.25, 0.3) is 0 Å². The van der Waals surface area contributed by atoms with Gasteiger partial charge in [-0.1, -0.05) is 114 Å². The molecule has 1 atom stereocenters. The van der Waals surface area contributed by atoms with Crippen molar-refractivity contribution in [3.8, 4) is 11.1 Å². The second kappa shape index (κ2) is 14.7. The van der Waals surface area contributed by atoms with Crippen LogP contribution in [-0.4, -0.2) is 8.80 Å².